The van der Waals surface area contributed by atoms with Crippen LogP contribution < -0.4 is 14.4 Å². The number of carbonyl (C=O) groups excluding carboxylic acids is 1. The molecule has 0 spiro atoms. The molecule has 1 unspecified atom stereocenters. The van der Waals surface area contributed by atoms with Crippen molar-refractivity contribution >= 4 is 11.7 Å². The molecule has 1 fully saturated rings. The van der Waals surface area contributed by atoms with Crippen LogP contribution in [0.5, 0.6) is 11.8 Å². The summed E-state index contributed by atoms with van der Waals surface area (Å²) in [7, 11) is 0. The molecule has 0 N–H and O–H groups in total. The Hall–Kier alpha value is -4.46. The van der Waals surface area contributed by atoms with E-state index in [1.807, 2.05) is 81.4 Å². The fourth-order valence-electron chi connectivity index (χ4n) is 4.83. The van der Waals surface area contributed by atoms with Gasteiger partial charge in [0.2, 0.25) is 11.8 Å². The van der Waals surface area contributed by atoms with Crippen LogP contribution >= 0.6 is 0 Å². The normalized spacial score (nSPS) is 15.0. The molecule has 1 atom stereocenters. The molecule has 0 radical (unpaired) electrons. The lowest BCUT2D eigenvalue weighted by atomic mass is 10.0. The monoisotopic (exact) mass is 572 g/mol. The van der Waals surface area contributed by atoms with Crippen LogP contribution in [0.1, 0.15) is 38.3 Å². The van der Waals surface area contributed by atoms with Crippen molar-refractivity contribution in [1.29, 1.82) is 0 Å². The highest BCUT2D eigenvalue weighted by Crippen LogP contribution is 2.38. The van der Waals surface area contributed by atoms with Gasteiger partial charge in [-0.15, -0.1) is 0 Å². The number of nitrogens with zero attached hydrogens (tertiary/aromatic N) is 2. The number of carbonyl (C=O) groups is 1. The number of hydrogen-bond donors (Lipinski definition) is 0. The number of aromatic nitrogens is 1. The molecule has 1 aliphatic heterocycles. The molecule has 42 heavy (non-hydrogen) atoms. The Morgan fingerprint density at radius 2 is 1.48 bits per heavy atom. The fraction of sp³-hybridized carbons (Fsp3) is 0.294. The summed E-state index contributed by atoms with van der Waals surface area (Å²) in [4.78, 5) is 18.8. The van der Waals surface area contributed by atoms with Crippen molar-refractivity contribution in [3.05, 3.63) is 108 Å². The van der Waals surface area contributed by atoms with Crippen LogP contribution in [0.15, 0.2) is 84.9 Å². The Labute approximate surface area is 244 Å². The summed E-state index contributed by atoms with van der Waals surface area (Å²) in [5.41, 5.74) is 1.53. The molecule has 218 valence electrons. The molecule has 4 aromatic rings. The van der Waals surface area contributed by atoms with E-state index in [0.717, 1.165) is 11.1 Å². The lowest BCUT2D eigenvalue weighted by Crippen LogP contribution is -2.30. The summed E-state index contributed by atoms with van der Waals surface area (Å²) in [6, 6.07) is 24.8. The van der Waals surface area contributed by atoms with Gasteiger partial charge in [0.1, 0.15) is 30.4 Å². The van der Waals surface area contributed by atoms with Gasteiger partial charge >= 0.3 is 5.97 Å². The van der Waals surface area contributed by atoms with Crippen LogP contribution in [0.3, 0.4) is 0 Å². The molecule has 1 saturated heterocycles. The van der Waals surface area contributed by atoms with Crippen molar-refractivity contribution in [2.24, 2.45) is 5.92 Å². The predicted molar refractivity (Wildman–Crippen MR) is 157 cm³/mol. The molecule has 2 heterocycles. The summed E-state index contributed by atoms with van der Waals surface area (Å²) in [5, 5.41) is 0. The molecule has 1 aliphatic rings. The third-order valence-electron chi connectivity index (χ3n) is 6.87. The minimum absolute atomic E-state index is 0.0566. The molecular weight excluding hydrogens is 538 g/mol. The van der Waals surface area contributed by atoms with E-state index < -0.39 is 17.2 Å². The Morgan fingerprint density at radius 1 is 0.881 bits per heavy atom. The van der Waals surface area contributed by atoms with E-state index >= 15 is 8.78 Å². The smallest absolute Gasteiger partial charge is 0.311 e. The maximum absolute atomic E-state index is 15.7. The van der Waals surface area contributed by atoms with E-state index in [1.54, 1.807) is 17.0 Å². The van der Waals surface area contributed by atoms with Crippen molar-refractivity contribution in [2.45, 2.75) is 46.0 Å². The average Bonchev–Trinajstić information content (AvgIpc) is 3.46. The van der Waals surface area contributed by atoms with Crippen LogP contribution in [0.25, 0.3) is 11.1 Å². The topological polar surface area (TPSA) is 60.9 Å². The van der Waals surface area contributed by atoms with Crippen LogP contribution in [-0.2, 0) is 22.7 Å². The standard InChI is InChI=1S/C34H34F2N2O4/c1-34(2,3)42-33(39)25-16-17-38(20-25)26-18-28(35)31(29(36)19-26)27-14-15-30(40-21-23-10-6-4-7-11-23)37-32(27)41-22-24-12-8-5-9-13-24/h4-15,18-19,25H,16-17,20-22H2,1-3H3. The lowest BCUT2D eigenvalue weighted by molar-refractivity contribution is -0.159. The van der Waals surface area contributed by atoms with Gasteiger partial charge in [-0.2, -0.15) is 4.98 Å². The molecule has 6 nitrogen and oxygen atoms in total. The molecule has 0 bridgehead atoms. The fourth-order valence-corrected chi connectivity index (χ4v) is 4.83. The van der Waals surface area contributed by atoms with Crippen molar-refractivity contribution in [3.8, 4) is 22.9 Å². The predicted octanol–water partition coefficient (Wildman–Crippen LogP) is 7.35. The number of hydrogen-bond acceptors (Lipinski definition) is 6. The number of rotatable bonds is 9. The summed E-state index contributed by atoms with van der Waals surface area (Å²) >= 11 is 0. The lowest BCUT2D eigenvalue weighted by Gasteiger charge is -2.23. The number of halogens is 2. The Morgan fingerprint density at radius 3 is 2.07 bits per heavy atom. The number of ether oxygens (including phenoxy) is 3. The number of anilines is 1. The Kier molecular flexibility index (Phi) is 8.71. The van der Waals surface area contributed by atoms with Gasteiger partial charge in [0.15, 0.2) is 0 Å². The summed E-state index contributed by atoms with van der Waals surface area (Å²) < 4.78 is 48.7. The van der Waals surface area contributed by atoms with Crippen molar-refractivity contribution in [2.75, 3.05) is 18.0 Å². The second-order valence-corrected chi connectivity index (χ2v) is 11.3. The largest absolute Gasteiger partial charge is 0.473 e. The number of pyridine rings is 1. The van der Waals surface area contributed by atoms with E-state index in [1.165, 1.54) is 12.1 Å². The van der Waals surface area contributed by atoms with E-state index in [-0.39, 0.29) is 48.0 Å². The average molecular weight is 573 g/mol. The van der Waals surface area contributed by atoms with Crippen LogP contribution in [0.2, 0.25) is 0 Å². The molecule has 5 rings (SSSR count). The van der Waals surface area contributed by atoms with Gasteiger partial charge in [0.05, 0.1) is 17.0 Å². The first-order valence-corrected chi connectivity index (χ1v) is 14.0. The molecule has 0 aliphatic carbocycles. The van der Waals surface area contributed by atoms with Crippen LogP contribution in [0.4, 0.5) is 14.5 Å². The van der Waals surface area contributed by atoms with Crippen molar-refractivity contribution < 1.29 is 27.8 Å². The van der Waals surface area contributed by atoms with Crippen molar-refractivity contribution in [3.63, 3.8) is 0 Å². The first kappa shape index (κ1) is 29.0. The van der Waals surface area contributed by atoms with E-state index in [2.05, 4.69) is 4.98 Å². The van der Waals surface area contributed by atoms with E-state index in [0.29, 0.717) is 25.2 Å². The zero-order valence-corrected chi connectivity index (χ0v) is 24.0. The van der Waals surface area contributed by atoms with Gasteiger partial charge < -0.3 is 19.1 Å². The maximum atomic E-state index is 15.7. The van der Waals surface area contributed by atoms with Crippen LogP contribution in [-0.4, -0.2) is 29.6 Å². The third-order valence-corrected chi connectivity index (χ3v) is 6.87. The quantitative estimate of drug-likeness (QED) is 0.196. The van der Waals surface area contributed by atoms with E-state index in [4.69, 9.17) is 14.2 Å². The van der Waals surface area contributed by atoms with Gasteiger partial charge in [-0.05, 0) is 56.5 Å². The van der Waals surface area contributed by atoms with Gasteiger partial charge in [0, 0.05) is 24.8 Å². The second kappa shape index (κ2) is 12.6. The highest BCUT2D eigenvalue weighted by molar-refractivity contribution is 5.76. The molecular formula is C34H34F2N2O4. The molecule has 1 aromatic heterocycles. The molecule has 3 aromatic carbocycles. The van der Waals surface area contributed by atoms with Gasteiger partial charge in [-0.25, -0.2) is 8.78 Å². The maximum Gasteiger partial charge on any atom is 0.311 e. The molecule has 8 heteroatoms. The van der Waals surface area contributed by atoms with Crippen LogP contribution in [0, 0.1) is 17.6 Å². The summed E-state index contributed by atoms with van der Waals surface area (Å²) in [5.74, 6) is -1.84. The Balaban J connectivity index is 1.39. The summed E-state index contributed by atoms with van der Waals surface area (Å²) in [6.45, 7) is 6.70. The highest BCUT2D eigenvalue weighted by Gasteiger charge is 2.33. The third kappa shape index (κ3) is 7.24. The van der Waals surface area contributed by atoms with Gasteiger partial charge in [0.25, 0.3) is 0 Å². The number of esters is 1. The highest BCUT2D eigenvalue weighted by atomic mass is 19.1. The minimum Gasteiger partial charge on any atom is -0.473 e. The zero-order valence-electron chi connectivity index (χ0n) is 24.0. The number of benzene rings is 3. The Bertz CT molecular complexity index is 1500. The first-order chi connectivity index (χ1) is 20.2. The van der Waals surface area contributed by atoms with Gasteiger partial charge in [-0.1, -0.05) is 60.7 Å². The summed E-state index contributed by atoms with van der Waals surface area (Å²) in [6.07, 6.45) is 0.547. The second-order valence-electron chi connectivity index (χ2n) is 11.3. The zero-order chi connectivity index (χ0) is 29.7. The van der Waals surface area contributed by atoms with Crippen molar-refractivity contribution in [1.82, 2.24) is 4.98 Å². The van der Waals surface area contributed by atoms with E-state index in [9.17, 15) is 4.79 Å². The van der Waals surface area contributed by atoms with Gasteiger partial charge in [-0.3, -0.25) is 4.79 Å². The SMILES string of the molecule is CC(C)(C)OC(=O)C1CCN(c2cc(F)c(-c3ccc(OCc4ccccc4)nc3OCc3ccccc3)c(F)c2)C1. The molecule has 0 saturated carbocycles. The molecule has 0 amide bonds. The minimum atomic E-state index is -0.755. The first-order valence-electron chi connectivity index (χ1n) is 14.0.